The van der Waals surface area contributed by atoms with Crippen molar-refractivity contribution >= 4 is 0 Å². The van der Waals surface area contributed by atoms with Crippen LogP contribution in [0.25, 0.3) is 0 Å². The van der Waals surface area contributed by atoms with Gasteiger partial charge in [-0.1, -0.05) is 0 Å². The molecule has 1 saturated heterocycles. The van der Waals surface area contributed by atoms with E-state index in [-0.39, 0.29) is 12.2 Å². The van der Waals surface area contributed by atoms with Crippen LogP contribution in [0.3, 0.4) is 0 Å². The first-order valence-corrected chi connectivity index (χ1v) is 8.31. The van der Waals surface area contributed by atoms with E-state index in [2.05, 4.69) is 0 Å². The van der Waals surface area contributed by atoms with Crippen molar-refractivity contribution in [2.45, 2.75) is 75.8 Å². The molecule has 3 rings (SSSR count). The fraction of sp³-hybridized carbons (Fsp3) is 1.00. The summed E-state index contributed by atoms with van der Waals surface area (Å²) >= 11 is 0. The Hall–Kier alpha value is -0.160. The maximum Gasteiger partial charge on any atom is 0.104 e. The minimum atomic E-state index is -0.105. The van der Waals surface area contributed by atoms with Crippen LogP contribution >= 0.6 is 0 Å². The van der Waals surface area contributed by atoms with Gasteiger partial charge in [-0.05, 0) is 63.2 Å². The molecule has 3 fully saturated rings. The van der Waals surface area contributed by atoms with Crippen LogP contribution in [0, 0.1) is 11.8 Å². The lowest BCUT2D eigenvalue weighted by molar-refractivity contribution is -0.0675. The highest BCUT2D eigenvalue weighted by Crippen LogP contribution is 2.38. The topological polar surface area (TPSA) is 62.2 Å². The van der Waals surface area contributed by atoms with E-state index in [0.717, 1.165) is 64.6 Å². The third-order valence-electron chi connectivity index (χ3n) is 5.29. The van der Waals surface area contributed by atoms with Gasteiger partial charge in [0.05, 0.1) is 31.5 Å². The molecule has 0 aromatic carbocycles. The summed E-state index contributed by atoms with van der Waals surface area (Å²) in [6.07, 6.45) is 8.40. The second-order valence-electron chi connectivity index (χ2n) is 6.89. The van der Waals surface area contributed by atoms with Gasteiger partial charge >= 0.3 is 0 Å². The summed E-state index contributed by atoms with van der Waals surface area (Å²) in [4.78, 5) is 0. The first-order chi connectivity index (χ1) is 9.72. The summed E-state index contributed by atoms with van der Waals surface area (Å²) in [5, 5.41) is 19.4. The van der Waals surface area contributed by atoms with Crippen molar-refractivity contribution in [3.63, 3.8) is 0 Å². The molecule has 0 bridgehead atoms. The third-order valence-corrected chi connectivity index (χ3v) is 5.29. The summed E-state index contributed by atoms with van der Waals surface area (Å²) in [6, 6.07) is 0. The SMILES string of the molecule is OC1CCC(C(OCC2CO2)C2CCC(O)CC2)CC1. The zero-order valence-electron chi connectivity index (χ0n) is 12.2. The van der Waals surface area contributed by atoms with Gasteiger partial charge < -0.3 is 19.7 Å². The second kappa shape index (κ2) is 6.73. The van der Waals surface area contributed by atoms with E-state index in [1.54, 1.807) is 0 Å². The molecule has 1 heterocycles. The zero-order valence-corrected chi connectivity index (χ0v) is 12.2. The van der Waals surface area contributed by atoms with E-state index in [4.69, 9.17) is 9.47 Å². The van der Waals surface area contributed by atoms with E-state index in [0.29, 0.717) is 24.0 Å². The van der Waals surface area contributed by atoms with Crippen LogP contribution in [0.1, 0.15) is 51.4 Å². The average Bonchev–Trinajstić information content (AvgIpc) is 3.27. The highest BCUT2D eigenvalue weighted by Gasteiger charge is 2.36. The summed E-state index contributed by atoms with van der Waals surface area (Å²) in [6.45, 7) is 1.57. The second-order valence-corrected chi connectivity index (χ2v) is 6.89. The number of rotatable bonds is 5. The quantitative estimate of drug-likeness (QED) is 0.757. The molecule has 0 amide bonds. The number of hydrogen-bond acceptors (Lipinski definition) is 4. The van der Waals surface area contributed by atoms with Crippen molar-refractivity contribution in [1.82, 2.24) is 0 Å². The molecule has 20 heavy (non-hydrogen) atoms. The molecule has 2 saturated carbocycles. The fourth-order valence-corrected chi connectivity index (χ4v) is 3.90. The molecule has 2 aliphatic carbocycles. The van der Waals surface area contributed by atoms with Crippen LogP contribution in [0.5, 0.6) is 0 Å². The van der Waals surface area contributed by atoms with Gasteiger partial charge in [-0.3, -0.25) is 0 Å². The van der Waals surface area contributed by atoms with Crippen molar-refractivity contribution in [2.24, 2.45) is 11.8 Å². The number of hydrogen-bond donors (Lipinski definition) is 2. The van der Waals surface area contributed by atoms with Crippen LogP contribution in [0.15, 0.2) is 0 Å². The third kappa shape index (κ3) is 3.94. The van der Waals surface area contributed by atoms with Crippen molar-refractivity contribution in [2.75, 3.05) is 13.2 Å². The number of aliphatic hydroxyl groups is 2. The van der Waals surface area contributed by atoms with E-state index in [1.807, 2.05) is 0 Å². The highest BCUT2D eigenvalue weighted by atomic mass is 16.6. The predicted molar refractivity (Wildman–Crippen MR) is 75.4 cm³/mol. The maximum atomic E-state index is 9.69. The summed E-state index contributed by atoms with van der Waals surface area (Å²) < 4.78 is 11.5. The van der Waals surface area contributed by atoms with Crippen LogP contribution in [-0.4, -0.2) is 47.8 Å². The van der Waals surface area contributed by atoms with E-state index >= 15 is 0 Å². The van der Waals surface area contributed by atoms with Gasteiger partial charge in [0, 0.05) is 0 Å². The van der Waals surface area contributed by atoms with Gasteiger partial charge in [0.15, 0.2) is 0 Å². The monoisotopic (exact) mass is 284 g/mol. The molecule has 4 heteroatoms. The molecule has 0 aromatic heterocycles. The standard InChI is InChI=1S/C16H28O4/c17-13-5-1-11(2-6-13)16(20-10-15-9-19-15)12-3-7-14(18)8-4-12/h11-18H,1-10H2. The molecule has 0 spiro atoms. The molecule has 116 valence electrons. The summed E-state index contributed by atoms with van der Waals surface area (Å²) in [5.74, 6) is 1.16. The van der Waals surface area contributed by atoms with Gasteiger partial charge in [0.25, 0.3) is 0 Å². The molecule has 1 aliphatic heterocycles. The van der Waals surface area contributed by atoms with Crippen molar-refractivity contribution < 1.29 is 19.7 Å². The largest absolute Gasteiger partial charge is 0.393 e. The Bertz CT molecular complexity index is 267. The summed E-state index contributed by atoms with van der Waals surface area (Å²) in [5.41, 5.74) is 0. The van der Waals surface area contributed by atoms with Gasteiger partial charge in [0.1, 0.15) is 6.10 Å². The Labute approximate surface area is 121 Å². The van der Waals surface area contributed by atoms with Crippen LogP contribution in [0.2, 0.25) is 0 Å². The minimum Gasteiger partial charge on any atom is -0.393 e. The van der Waals surface area contributed by atoms with Gasteiger partial charge in [0.2, 0.25) is 0 Å². The molecular weight excluding hydrogens is 256 g/mol. The lowest BCUT2D eigenvalue weighted by Gasteiger charge is -2.39. The highest BCUT2D eigenvalue weighted by molar-refractivity contribution is 4.86. The molecule has 1 unspecified atom stereocenters. The molecule has 2 N–H and O–H groups in total. The van der Waals surface area contributed by atoms with E-state index < -0.39 is 0 Å². The lowest BCUT2D eigenvalue weighted by atomic mass is 9.74. The Morgan fingerprint density at radius 1 is 0.850 bits per heavy atom. The van der Waals surface area contributed by atoms with E-state index in [9.17, 15) is 10.2 Å². The van der Waals surface area contributed by atoms with Crippen molar-refractivity contribution in [1.29, 1.82) is 0 Å². The Balaban J connectivity index is 1.56. The Morgan fingerprint density at radius 3 is 1.70 bits per heavy atom. The van der Waals surface area contributed by atoms with Crippen molar-refractivity contribution in [3.8, 4) is 0 Å². The molecule has 0 aromatic rings. The van der Waals surface area contributed by atoms with Gasteiger partial charge in [-0.15, -0.1) is 0 Å². The number of ether oxygens (including phenoxy) is 2. The number of epoxide rings is 1. The predicted octanol–water partition coefficient (Wildman–Crippen LogP) is 1.87. The van der Waals surface area contributed by atoms with Crippen LogP contribution in [0.4, 0.5) is 0 Å². The Morgan fingerprint density at radius 2 is 1.30 bits per heavy atom. The molecule has 4 nitrogen and oxygen atoms in total. The minimum absolute atomic E-state index is 0.105. The molecular formula is C16H28O4. The molecule has 1 atom stereocenters. The van der Waals surface area contributed by atoms with Crippen LogP contribution in [-0.2, 0) is 9.47 Å². The molecule has 0 radical (unpaired) electrons. The molecule has 3 aliphatic rings. The first kappa shape index (κ1) is 14.8. The number of aliphatic hydroxyl groups excluding tert-OH is 2. The average molecular weight is 284 g/mol. The normalized spacial score (nSPS) is 43.2. The smallest absolute Gasteiger partial charge is 0.104 e. The van der Waals surface area contributed by atoms with Crippen LogP contribution < -0.4 is 0 Å². The summed E-state index contributed by atoms with van der Waals surface area (Å²) in [7, 11) is 0. The van der Waals surface area contributed by atoms with Gasteiger partial charge in [-0.25, -0.2) is 0 Å². The zero-order chi connectivity index (χ0) is 13.9. The van der Waals surface area contributed by atoms with E-state index in [1.165, 1.54) is 0 Å². The maximum absolute atomic E-state index is 9.69. The lowest BCUT2D eigenvalue weighted by Crippen LogP contribution is -2.38. The van der Waals surface area contributed by atoms with Crippen molar-refractivity contribution in [3.05, 3.63) is 0 Å². The van der Waals surface area contributed by atoms with Gasteiger partial charge in [-0.2, -0.15) is 0 Å². The first-order valence-electron chi connectivity index (χ1n) is 8.31. The fourth-order valence-electron chi connectivity index (χ4n) is 3.90. The Kier molecular flexibility index (Phi) is 4.97.